The number of carbonyl (C=O) groups is 1. The van der Waals surface area contributed by atoms with Crippen LogP contribution in [0.1, 0.15) is 25.3 Å². The molecule has 7 nitrogen and oxygen atoms in total. The quantitative estimate of drug-likeness (QED) is 0.396. The van der Waals surface area contributed by atoms with E-state index in [4.69, 9.17) is 27.8 Å². The maximum absolute atomic E-state index is 13.2. The minimum Gasteiger partial charge on any atom is -0.493 e. The molecule has 1 aromatic heterocycles. The van der Waals surface area contributed by atoms with Crippen molar-refractivity contribution in [2.75, 3.05) is 6.61 Å². The van der Waals surface area contributed by atoms with Gasteiger partial charge in [0.25, 0.3) is 0 Å². The molecule has 11 heteroatoms. The van der Waals surface area contributed by atoms with Crippen molar-refractivity contribution in [1.82, 2.24) is 9.55 Å². The van der Waals surface area contributed by atoms with Crippen molar-refractivity contribution in [1.29, 1.82) is 0 Å². The number of ether oxygens (including phenoxy) is 1. The van der Waals surface area contributed by atoms with E-state index in [1.54, 1.807) is 22.8 Å². The van der Waals surface area contributed by atoms with E-state index in [-0.39, 0.29) is 24.4 Å². The van der Waals surface area contributed by atoms with Gasteiger partial charge in [0.2, 0.25) is 5.91 Å². The number of hydrogen-bond acceptors (Lipinski definition) is 3. The lowest BCUT2D eigenvalue weighted by atomic mass is 10.1. The van der Waals surface area contributed by atoms with Gasteiger partial charge in [0.1, 0.15) is 11.6 Å². The van der Waals surface area contributed by atoms with Crippen LogP contribution in [0.4, 0.5) is 13.2 Å². The number of guanidine groups is 1. The fourth-order valence-electron chi connectivity index (χ4n) is 3.28. The first-order chi connectivity index (χ1) is 15.1. The average molecular weight is 468 g/mol. The van der Waals surface area contributed by atoms with Crippen LogP contribution in [0.15, 0.2) is 41.4 Å². The van der Waals surface area contributed by atoms with E-state index >= 15 is 0 Å². The number of carbonyl (C=O) groups excluding carboxylic acids is 1. The second-order valence-electron chi connectivity index (χ2n) is 6.90. The zero-order valence-corrected chi connectivity index (χ0v) is 17.9. The normalized spacial score (nSPS) is 11.5. The molecule has 170 valence electrons. The highest BCUT2D eigenvalue weighted by Gasteiger charge is 2.31. The largest absolute Gasteiger partial charge is 0.493 e. The Bertz CT molecular complexity index is 1170. The van der Waals surface area contributed by atoms with Crippen LogP contribution in [-0.4, -0.2) is 28.0 Å². The van der Waals surface area contributed by atoms with E-state index in [1.807, 2.05) is 6.92 Å². The van der Waals surface area contributed by atoms with Gasteiger partial charge in [-0.2, -0.15) is 18.2 Å². The first-order valence-corrected chi connectivity index (χ1v) is 10.1. The van der Waals surface area contributed by atoms with Gasteiger partial charge in [-0.3, -0.25) is 4.79 Å². The number of aryl methyl sites for hydroxylation is 1. The van der Waals surface area contributed by atoms with Crippen LogP contribution in [0.2, 0.25) is 5.02 Å². The van der Waals surface area contributed by atoms with Crippen LogP contribution in [0.3, 0.4) is 0 Å². The first kappa shape index (κ1) is 23.4. The second kappa shape index (κ2) is 9.47. The number of benzene rings is 2. The SMILES string of the molecule is CCOc1ccc(Cl)cc1-c1nc2cc(C(F)(F)F)ccc2n1CCCC(=O)N=C(N)N. The van der Waals surface area contributed by atoms with Crippen molar-refractivity contribution in [2.45, 2.75) is 32.5 Å². The highest BCUT2D eigenvalue weighted by molar-refractivity contribution is 6.31. The number of amides is 1. The molecule has 0 saturated carbocycles. The number of rotatable bonds is 7. The molecule has 0 aliphatic carbocycles. The molecule has 1 amide bonds. The van der Waals surface area contributed by atoms with Gasteiger partial charge in [-0.25, -0.2) is 4.98 Å². The van der Waals surface area contributed by atoms with Crippen molar-refractivity contribution in [2.24, 2.45) is 16.5 Å². The van der Waals surface area contributed by atoms with E-state index in [1.165, 1.54) is 6.07 Å². The third-order valence-corrected chi connectivity index (χ3v) is 4.82. The Balaban J connectivity index is 2.10. The number of nitrogens with zero attached hydrogens (tertiary/aromatic N) is 3. The highest BCUT2D eigenvalue weighted by Crippen LogP contribution is 2.36. The molecule has 0 radical (unpaired) electrons. The molecule has 3 aromatic rings. The number of aliphatic imine (C=N–C) groups is 1. The van der Waals surface area contributed by atoms with Gasteiger partial charge in [0.05, 0.1) is 28.8 Å². The highest BCUT2D eigenvalue weighted by atomic mass is 35.5. The Morgan fingerprint density at radius 2 is 1.97 bits per heavy atom. The van der Waals surface area contributed by atoms with E-state index < -0.39 is 17.6 Å². The molecular formula is C21H21ClF3N5O2. The minimum absolute atomic E-state index is 0.0471. The Kier molecular flexibility index (Phi) is 6.93. The van der Waals surface area contributed by atoms with Crippen LogP contribution in [0, 0.1) is 0 Å². The van der Waals surface area contributed by atoms with Crippen molar-refractivity contribution in [3.05, 3.63) is 47.0 Å². The Morgan fingerprint density at radius 3 is 2.62 bits per heavy atom. The first-order valence-electron chi connectivity index (χ1n) is 9.72. The van der Waals surface area contributed by atoms with E-state index in [9.17, 15) is 18.0 Å². The molecule has 1 heterocycles. The standard InChI is InChI=1S/C21H21ClF3N5O2/c1-2-32-17-8-6-13(22)11-14(17)19-28-15-10-12(21(23,24)25)5-7-16(15)30(19)9-3-4-18(31)29-20(26)27/h5-8,10-11H,2-4,9H2,1H3,(H4,26,27,29,31). The summed E-state index contributed by atoms with van der Waals surface area (Å²) in [6, 6.07) is 8.31. The maximum Gasteiger partial charge on any atom is 0.416 e. The van der Waals surface area contributed by atoms with Crippen LogP contribution in [0.5, 0.6) is 5.75 Å². The lowest BCUT2D eigenvalue weighted by Crippen LogP contribution is -2.24. The summed E-state index contributed by atoms with van der Waals surface area (Å²) >= 11 is 6.17. The zero-order chi connectivity index (χ0) is 23.5. The predicted octanol–water partition coefficient (Wildman–Crippen LogP) is 4.35. The Hall–Kier alpha value is -3.27. The second-order valence-corrected chi connectivity index (χ2v) is 7.33. The molecule has 0 saturated heterocycles. The smallest absolute Gasteiger partial charge is 0.416 e. The monoisotopic (exact) mass is 467 g/mol. The van der Waals surface area contributed by atoms with Gasteiger partial charge in [0, 0.05) is 18.0 Å². The number of imidazole rings is 1. The van der Waals surface area contributed by atoms with Crippen LogP contribution < -0.4 is 16.2 Å². The summed E-state index contributed by atoms with van der Waals surface area (Å²) in [5.74, 6) is 0.0393. The average Bonchev–Trinajstić information content (AvgIpc) is 3.06. The molecule has 0 unspecified atom stereocenters. The Labute approximate surface area is 186 Å². The lowest BCUT2D eigenvalue weighted by molar-refractivity contribution is -0.137. The zero-order valence-electron chi connectivity index (χ0n) is 17.1. The summed E-state index contributed by atoms with van der Waals surface area (Å²) in [5, 5.41) is 0.418. The molecule has 0 aliphatic rings. The molecule has 32 heavy (non-hydrogen) atoms. The van der Waals surface area contributed by atoms with Crippen molar-refractivity contribution in [3.63, 3.8) is 0 Å². The van der Waals surface area contributed by atoms with Gasteiger partial charge >= 0.3 is 6.18 Å². The number of alkyl halides is 3. The fourth-order valence-corrected chi connectivity index (χ4v) is 3.46. The summed E-state index contributed by atoms with van der Waals surface area (Å²) < 4.78 is 47.0. The minimum atomic E-state index is -4.50. The summed E-state index contributed by atoms with van der Waals surface area (Å²) in [7, 11) is 0. The molecule has 0 atom stereocenters. The number of aromatic nitrogens is 2. The summed E-state index contributed by atoms with van der Waals surface area (Å²) in [4.78, 5) is 19.7. The third-order valence-electron chi connectivity index (χ3n) is 4.58. The van der Waals surface area contributed by atoms with Crippen molar-refractivity contribution >= 4 is 34.5 Å². The fraction of sp³-hybridized carbons (Fsp3) is 0.286. The third kappa shape index (κ3) is 5.31. The van der Waals surface area contributed by atoms with Crippen molar-refractivity contribution < 1.29 is 22.7 Å². The van der Waals surface area contributed by atoms with Gasteiger partial charge in [-0.1, -0.05) is 11.6 Å². The van der Waals surface area contributed by atoms with Gasteiger partial charge in [-0.05, 0) is 49.7 Å². The lowest BCUT2D eigenvalue weighted by Gasteiger charge is -2.13. The van der Waals surface area contributed by atoms with Crippen LogP contribution >= 0.6 is 11.6 Å². The van der Waals surface area contributed by atoms with Crippen molar-refractivity contribution in [3.8, 4) is 17.1 Å². The number of hydrogen-bond donors (Lipinski definition) is 2. The van der Waals surface area contributed by atoms with E-state index in [2.05, 4.69) is 9.98 Å². The number of fused-ring (bicyclic) bond motifs is 1. The summed E-state index contributed by atoms with van der Waals surface area (Å²) in [6.45, 7) is 2.47. The summed E-state index contributed by atoms with van der Waals surface area (Å²) in [6.07, 6.45) is -4.12. The molecule has 4 N–H and O–H groups in total. The Morgan fingerprint density at radius 1 is 1.22 bits per heavy atom. The predicted molar refractivity (Wildman–Crippen MR) is 116 cm³/mol. The molecule has 2 aromatic carbocycles. The van der Waals surface area contributed by atoms with Crippen LogP contribution in [0.25, 0.3) is 22.4 Å². The molecular weight excluding hydrogens is 447 g/mol. The molecule has 0 spiro atoms. The molecule has 0 bridgehead atoms. The summed E-state index contributed by atoms with van der Waals surface area (Å²) in [5.41, 5.74) is 10.8. The number of nitrogens with two attached hydrogens (primary N) is 2. The molecule has 3 rings (SSSR count). The van der Waals surface area contributed by atoms with Gasteiger partial charge in [-0.15, -0.1) is 0 Å². The molecule has 0 fully saturated rings. The topological polar surface area (TPSA) is 109 Å². The van der Waals surface area contributed by atoms with E-state index in [0.717, 1.165) is 12.1 Å². The van der Waals surface area contributed by atoms with Gasteiger partial charge in [0.15, 0.2) is 5.96 Å². The molecule has 0 aliphatic heterocycles. The van der Waals surface area contributed by atoms with E-state index in [0.29, 0.717) is 40.7 Å². The number of halogens is 4. The maximum atomic E-state index is 13.2. The van der Waals surface area contributed by atoms with Crippen LogP contribution in [-0.2, 0) is 17.5 Å². The van der Waals surface area contributed by atoms with Gasteiger partial charge < -0.3 is 20.8 Å².